The molecule has 1 amide bonds. The molecular formula is C14H12ClN5O2. The third-order valence-corrected chi connectivity index (χ3v) is 3.29. The van der Waals surface area contributed by atoms with Crippen molar-refractivity contribution in [2.75, 3.05) is 0 Å². The SMILES string of the molecule is Cn1cc(C(=O)NCc2cc(-c3ccccc3Cl)on2)nn1. The number of amides is 1. The normalized spacial score (nSPS) is 10.6. The van der Waals surface area contributed by atoms with Gasteiger partial charge in [0.1, 0.15) is 5.69 Å². The third-order valence-electron chi connectivity index (χ3n) is 2.96. The summed E-state index contributed by atoms with van der Waals surface area (Å²) in [6, 6.07) is 9.04. The number of carbonyl (C=O) groups excluding carboxylic acids is 1. The number of nitrogens with one attached hydrogen (secondary N) is 1. The van der Waals surface area contributed by atoms with Gasteiger partial charge in [0.15, 0.2) is 11.5 Å². The van der Waals surface area contributed by atoms with E-state index in [1.165, 1.54) is 10.9 Å². The van der Waals surface area contributed by atoms with Gasteiger partial charge in [-0.1, -0.05) is 34.1 Å². The van der Waals surface area contributed by atoms with Crippen LogP contribution >= 0.6 is 11.6 Å². The van der Waals surface area contributed by atoms with E-state index < -0.39 is 0 Å². The van der Waals surface area contributed by atoms with Gasteiger partial charge in [-0.25, -0.2) is 0 Å². The van der Waals surface area contributed by atoms with Gasteiger partial charge in [0, 0.05) is 18.7 Å². The Bertz CT molecular complexity index is 811. The summed E-state index contributed by atoms with van der Waals surface area (Å²) in [6.45, 7) is 0.226. The van der Waals surface area contributed by atoms with Crippen molar-refractivity contribution < 1.29 is 9.32 Å². The molecule has 7 nitrogen and oxygen atoms in total. The Labute approximate surface area is 130 Å². The van der Waals surface area contributed by atoms with Crippen LogP contribution in [0.1, 0.15) is 16.2 Å². The first kappa shape index (κ1) is 14.3. The highest BCUT2D eigenvalue weighted by atomic mass is 35.5. The summed E-state index contributed by atoms with van der Waals surface area (Å²) in [5.41, 5.74) is 1.59. The Morgan fingerprint density at radius 3 is 2.95 bits per heavy atom. The number of rotatable bonds is 4. The quantitative estimate of drug-likeness (QED) is 0.796. The van der Waals surface area contributed by atoms with Crippen molar-refractivity contribution >= 4 is 17.5 Å². The second kappa shape index (κ2) is 5.98. The van der Waals surface area contributed by atoms with Crippen molar-refractivity contribution in [1.29, 1.82) is 0 Å². The summed E-state index contributed by atoms with van der Waals surface area (Å²) in [5, 5.41) is 14.6. The Hall–Kier alpha value is -2.67. The van der Waals surface area contributed by atoms with Gasteiger partial charge in [-0.2, -0.15) is 0 Å². The van der Waals surface area contributed by atoms with Gasteiger partial charge in [0.05, 0.1) is 17.8 Å². The average molecular weight is 318 g/mol. The Morgan fingerprint density at radius 2 is 2.23 bits per heavy atom. The van der Waals surface area contributed by atoms with Gasteiger partial charge in [-0.3, -0.25) is 9.48 Å². The topological polar surface area (TPSA) is 85.8 Å². The van der Waals surface area contributed by atoms with E-state index in [4.69, 9.17) is 16.1 Å². The summed E-state index contributed by atoms with van der Waals surface area (Å²) < 4.78 is 6.71. The zero-order valence-electron chi connectivity index (χ0n) is 11.7. The van der Waals surface area contributed by atoms with Gasteiger partial charge < -0.3 is 9.84 Å². The lowest BCUT2D eigenvalue weighted by Gasteiger charge is -1.98. The summed E-state index contributed by atoms with van der Waals surface area (Å²) in [4.78, 5) is 11.9. The van der Waals surface area contributed by atoms with E-state index in [2.05, 4.69) is 20.8 Å². The van der Waals surface area contributed by atoms with Gasteiger partial charge in [0.2, 0.25) is 0 Å². The van der Waals surface area contributed by atoms with Crippen LogP contribution in [0.2, 0.25) is 5.02 Å². The monoisotopic (exact) mass is 317 g/mol. The second-order valence-electron chi connectivity index (χ2n) is 4.62. The van der Waals surface area contributed by atoms with Crippen LogP contribution < -0.4 is 5.32 Å². The number of carbonyl (C=O) groups is 1. The molecule has 3 rings (SSSR count). The lowest BCUT2D eigenvalue weighted by molar-refractivity contribution is 0.0945. The molecule has 0 spiro atoms. The molecule has 0 unspecified atom stereocenters. The zero-order chi connectivity index (χ0) is 15.5. The fourth-order valence-corrected chi connectivity index (χ4v) is 2.12. The predicted molar refractivity (Wildman–Crippen MR) is 79.1 cm³/mol. The van der Waals surface area contributed by atoms with Gasteiger partial charge in [-0.15, -0.1) is 5.10 Å². The zero-order valence-corrected chi connectivity index (χ0v) is 12.4. The summed E-state index contributed by atoms with van der Waals surface area (Å²) in [7, 11) is 1.69. The van der Waals surface area contributed by atoms with E-state index >= 15 is 0 Å². The minimum atomic E-state index is -0.324. The average Bonchev–Trinajstić information content (AvgIpc) is 3.14. The van der Waals surface area contributed by atoms with Crippen LogP contribution in [-0.2, 0) is 13.6 Å². The van der Waals surface area contributed by atoms with Crippen molar-refractivity contribution in [3.8, 4) is 11.3 Å². The standard InChI is InChI=1S/C14H12ClN5O2/c1-20-8-12(17-19-20)14(21)16-7-9-6-13(22-18-9)10-4-2-3-5-11(10)15/h2-6,8H,7H2,1H3,(H,16,21). The molecule has 0 aliphatic carbocycles. The summed E-state index contributed by atoms with van der Waals surface area (Å²) >= 11 is 6.10. The van der Waals surface area contributed by atoms with Crippen LogP contribution in [-0.4, -0.2) is 26.1 Å². The van der Waals surface area contributed by atoms with Crippen molar-refractivity contribution in [3.05, 3.63) is 52.9 Å². The first-order chi connectivity index (χ1) is 10.6. The molecule has 2 aromatic heterocycles. The van der Waals surface area contributed by atoms with E-state index in [9.17, 15) is 4.79 Å². The van der Waals surface area contributed by atoms with Crippen LogP contribution in [0, 0.1) is 0 Å². The van der Waals surface area contributed by atoms with Crippen LogP contribution in [0.4, 0.5) is 0 Å². The second-order valence-corrected chi connectivity index (χ2v) is 5.03. The van der Waals surface area contributed by atoms with Crippen molar-refractivity contribution in [1.82, 2.24) is 25.5 Å². The van der Waals surface area contributed by atoms with Crippen molar-refractivity contribution in [3.63, 3.8) is 0 Å². The molecule has 0 aliphatic rings. The summed E-state index contributed by atoms with van der Waals surface area (Å²) in [6.07, 6.45) is 1.54. The highest BCUT2D eigenvalue weighted by Gasteiger charge is 2.13. The first-order valence-corrected chi connectivity index (χ1v) is 6.86. The lowest BCUT2D eigenvalue weighted by atomic mass is 10.1. The Kier molecular flexibility index (Phi) is 3.88. The number of nitrogens with zero attached hydrogens (tertiary/aromatic N) is 4. The molecule has 0 atom stereocenters. The van der Waals surface area contributed by atoms with Gasteiger partial charge in [0.25, 0.3) is 5.91 Å². The smallest absolute Gasteiger partial charge is 0.273 e. The predicted octanol–water partition coefficient (Wildman–Crippen LogP) is 2.05. The number of hydrogen-bond donors (Lipinski definition) is 1. The first-order valence-electron chi connectivity index (χ1n) is 6.48. The largest absolute Gasteiger partial charge is 0.356 e. The molecule has 0 saturated heterocycles. The molecule has 0 fully saturated rings. The van der Waals surface area contributed by atoms with Gasteiger partial charge in [-0.05, 0) is 12.1 Å². The maximum absolute atomic E-state index is 11.9. The van der Waals surface area contributed by atoms with Crippen molar-refractivity contribution in [2.24, 2.45) is 7.05 Å². The molecule has 22 heavy (non-hydrogen) atoms. The molecule has 1 aromatic carbocycles. The number of halogens is 1. The Morgan fingerprint density at radius 1 is 1.41 bits per heavy atom. The van der Waals surface area contributed by atoms with E-state index in [0.29, 0.717) is 16.5 Å². The number of benzene rings is 1. The van der Waals surface area contributed by atoms with E-state index in [1.807, 2.05) is 18.2 Å². The maximum atomic E-state index is 11.9. The number of aromatic nitrogens is 4. The Balaban J connectivity index is 1.67. The highest BCUT2D eigenvalue weighted by Crippen LogP contribution is 2.27. The summed E-state index contributed by atoms with van der Waals surface area (Å²) in [5.74, 6) is 0.227. The van der Waals surface area contributed by atoms with E-state index in [0.717, 1.165) is 5.56 Å². The molecular weight excluding hydrogens is 306 g/mol. The van der Waals surface area contributed by atoms with Crippen LogP contribution in [0.3, 0.4) is 0 Å². The van der Waals surface area contributed by atoms with E-state index in [-0.39, 0.29) is 18.1 Å². The fraction of sp³-hybridized carbons (Fsp3) is 0.143. The molecule has 0 radical (unpaired) electrons. The molecule has 3 aromatic rings. The maximum Gasteiger partial charge on any atom is 0.273 e. The van der Waals surface area contributed by atoms with Crippen LogP contribution in [0.5, 0.6) is 0 Å². The van der Waals surface area contributed by atoms with Crippen LogP contribution in [0.15, 0.2) is 41.1 Å². The molecule has 2 heterocycles. The lowest BCUT2D eigenvalue weighted by Crippen LogP contribution is -2.23. The molecule has 0 bridgehead atoms. The van der Waals surface area contributed by atoms with Gasteiger partial charge >= 0.3 is 0 Å². The van der Waals surface area contributed by atoms with E-state index in [1.54, 1.807) is 19.2 Å². The minimum absolute atomic E-state index is 0.226. The molecule has 1 N–H and O–H groups in total. The third kappa shape index (κ3) is 2.99. The molecule has 0 aliphatic heterocycles. The molecule has 8 heteroatoms. The van der Waals surface area contributed by atoms with Crippen molar-refractivity contribution in [2.45, 2.75) is 6.54 Å². The number of aryl methyl sites for hydroxylation is 1. The molecule has 112 valence electrons. The van der Waals surface area contributed by atoms with Crippen LogP contribution in [0.25, 0.3) is 11.3 Å². The molecule has 0 saturated carbocycles. The fourth-order valence-electron chi connectivity index (χ4n) is 1.90. The highest BCUT2D eigenvalue weighted by molar-refractivity contribution is 6.33. The number of hydrogen-bond acceptors (Lipinski definition) is 5. The minimum Gasteiger partial charge on any atom is -0.356 e.